The van der Waals surface area contributed by atoms with Crippen molar-refractivity contribution < 1.29 is 9.53 Å². The van der Waals surface area contributed by atoms with Crippen LogP contribution >= 0.6 is 11.3 Å². The maximum Gasteiger partial charge on any atom is 0.414 e. The van der Waals surface area contributed by atoms with Crippen molar-refractivity contribution in [3.63, 3.8) is 0 Å². The Hall–Kier alpha value is -2.08. The molecule has 2 aromatic rings. The second-order valence-electron chi connectivity index (χ2n) is 7.32. The Balaban J connectivity index is 1.81. The summed E-state index contributed by atoms with van der Waals surface area (Å²) in [7, 11) is 0. The third-order valence-corrected chi connectivity index (χ3v) is 4.98. The number of hydrogen-bond donors (Lipinski definition) is 1. The molecule has 1 atom stereocenters. The first-order valence-corrected chi connectivity index (χ1v) is 9.51. The van der Waals surface area contributed by atoms with Gasteiger partial charge in [0.25, 0.3) is 0 Å². The van der Waals surface area contributed by atoms with E-state index in [0.29, 0.717) is 6.54 Å². The van der Waals surface area contributed by atoms with E-state index >= 15 is 0 Å². The molecule has 0 spiro atoms. The van der Waals surface area contributed by atoms with E-state index in [9.17, 15) is 4.79 Å². The summed E-state index contributed by atoms with van der Waals surface area (Å²) in [5.74, 6) is 0. The molecule has 3 rings (SSSR count). The highest BCUT2D eigenvalue weighted by atomic mass is 32.1. The van der Waals surface area contributed by atoms with Gasteiger partial charge >= 0.3 is 6.09 Å². The van der Waals surface area contributed by atoms with Crippen LogP contribution in [0, 0.1) is 0 Å². The van der Waals surface area contributed by atoms with Crippen LogP contribution < -0.4 is 10.2 Å². The number of aromatic nitrogens is 1. The van der Waals surface area contributed by atoms with Crippen LogP contribution in [0.4, 0.5) is 16.2 Å². The molecule has 2 heterocycles. The molecule has 0 saturated carbocycles. The molecule has 1 N–H and O–H groups in total. The minimum atomic E-state index is -0.496. The molecule has 1 aromatic carbocycles. The van der Waals surface area contributed by atoms with Crippen molar-refractivity contribution in [2.75, 3.05) is 16.8 Å². The fourth-order valence-corrected chi connectivity index (χ4v) is 3.58. The van der Waals surface area contributed by atoms with Gasteiger partial charge in [-0.1, -0.05) is 6.07 Å². The van der Waals surface area contributed by atoms with Gasteiger partial charge in [-0.25, -0.2) is 9.78 Å². The predicted octanol–water partition coefficient (Wildman–Crippen LogP) is 5.00. The van der Waals surface area contributed by atoms with Gasteiger partial charge in [0, 0.05) is 23.8 Å². The summed E-state index contributed by atoms with van der Waals surface area (Å²) in [6.45, 7) is 8.45. The Labute approximate surface area is 153 Å². The number of hydrogen-bond acceptors (Lipinski definition) is 5. The number of benzene rings is 1. The smallest absolute Gasteiger partial charge is 0.414 e. The Morgan fingerprint density at radius 1 is 1.40 bits per heavy atom. The van der Waals surface area contributed by atoms with Crippen molar-refractivity contribution in [2.45, 2.75) is 52.2 Å². The second-order valence-corrected chi connectivity index (χ2v) is 8.24. The maximum absolute atomic E-state index is 12.6. The third kappa shape index (κ3) is 4.31. The summed E-state index contributed by atoms with van der Waals surface area (Å²) in [5, 5.41) is 6.49. The summed E-state index contributed by atoms with van der Waals surface area (Å²) < 4.78 is 5.57. The minimum absolute atomic E-state index is 0.122. The number of aryl methyl sites for hydroxylation is 1. The van der Waals surface area contributed by atoms with Crippen molar-refractivity contribution in [2.24, 2.45) is 0 Å². The van der Waals surface area contributed by atoms with Gasteiger partial charge in [-0.15, -0.1) is 11.3 Å². The summed E-state index contributed by atoms with van der Waals surface area (Å²) in [5.41, 5.74) is 2.61. The number of carbonyl (C=O) groups is 1. The lowest BCUT2D eigenvalue weighted by Crippen LogP contribution is -2.39. The Kier molecular flexibility index (Phi) is 4.99. The summed E-state index contributed by atoms with van der Waals surface area (Å²) in [6, 6.07) is 6.34. The van der Waals surface area contributed by atoms with Crippen molar-refractivity contribution in [1.29, 1.82) is 0 Å². The van der Waals surface area contributed by atoms with Crippen LogP contribution in [0.1, 0.15) is 50.7 Å². The van der Waals surface area contributed by atoms with E-state index < -0.39 is 5.60 Å². The van der Waals surface area contributed by atoms with Gasteiger partial charge in [-0.2, -0.15) is 0 Å². The zero-order chi connectivity index (χ0) is 18.0. The van der Waals surface area contributed by atoms with E-state index in [-0.39, 0.29) is 12.1 Å². The molecule has 134 valence electrons. The number of nitrogens with one attached hydrogen (secondary N) is 1. The highest BCUT2D eigenvalue weighted by Crippen LogP contribution is 2.32. The van der Waals surface area contributed by atoms with Gasteiger partial charge in [-0.05, 0) is 58.2 Å². The molecule has 1 aliphatic rings. The van der Waals surface area contributed by atoms with Gasteiger partial charge < -0.3 is 10.1 Å². The average Bonchev–Trinajstić information content (AvgIpc) is 3.07. The van der Waals surface area contributed by atoms with Gasteiger partial charge in [0.2, 0.25) is 0 Å². The normalized spacial score (nSPS) is 15.4. The van der Waals surface area contributed by atoms with Crippen LogP contribution in [0.2, 0.25) is 0 Å². The molecule has 0 fully saturated rings. The molecular formula is C19H25N3O2S. The van der Waals surface area contributed by atoms with E-state index in [4.69, 9.17) is 4.74 Å². The minimum Gasteiger partial charge on any atom is -0.443 e. The Bertz CT molecular complexity index is 738. The SMILES string of the molecule is CC(Nc1ccc2c(c1)N(C(=O)OC(C)(C)C)CCC2)c1nccs1. The summed E-state index contributed by atoms with van der Waals surface area (Å²) in [6.07, 6.45) is 3.47. The fourth-order valence-electron chi connectivity index (χ4n) is 2.93. The molecule has 1 unspecified atom stereocenters. The van der Waals surface area contributed by atoms with Crippen LogP contribution in [0.3, 0.4) is 0 Å². The number of ether oxygens (including phenoxy) is 1. The third-order valence-electron chi connectivity index (χ3n) is 4.02. The lowest BCUT2D eigenvalue weighted by molar-refractivity contribution is 0.0578. The summed E-state index contributed by atoms with van der Waals surface area (Å²) >= 11 is 1.63. The molecule has 0 radical (unpaired) electrons. The van der Waals surface area contributed by atoms with E-state index in [2.05, 4.69) is 29.4 Å². The number of carbonyl (C=O) groups excluding carboxylic acids is 1. The van der Waals surface area contributed by atoms with Crippen molar-refractivity contribution in [3.05, 3.63) is 40.3 Å². The van der Waals surface area contributed by atoms with Crippen molar-refractivity contribution in [3.8, 4) is 0 Å². The molecule has 25 heavy (non-hydrogen) atoms. The molecule has 5 nitrogen and oxygen atoms in total. The number of anilines is 2. The number of nitrogens with zero attached hydrogens (tertiary/aromatic N) is 2. The van der Waals surface area contributed by atoms with Crippen LogP contribution in [0.5, 0.6) is 0 Å². The number of amides is 1. The average molecular weight is 359 g/mol. The highest BCUT2D eigenvalue weighted by molar-refractivity contribution is 7.09. The lowest BCUT2D eigenvalue weighted by Gasteiger charge is -2.32. The molecule has 1 aromatic heterocycles. The van der Waals surface area contributed by atoms with Crippen LogP contribution in [0.25, 0.3) is 0 Å². The topological polar surface area (TPSA) is 54.5 Å². The molecule has 1 aliphatic heterocycles. The fraction of sp³-hybridized carbons (Fsp3) is 0.474. The van der Waals surface area contributed by atoms with Gasteiger partial charge in [0.15, 0.2) is 0 Å². The molecular weight excluding hydrogens is 334 g/mol. The van der Waals surface area contributed by atoms with Gasteiger partial charge in [-0.3, -0.25) is 4.90 Å². The Morgan fingerprint density at radius 3 is 2.88 bits per heavy atom. The van der Waals surface area contributed by atoms with E-state index in [1.165, 1.54) is 5.56 Å². The van der Waals surface area contributed by atoms with E-state index in [1.54, 1.807) is 16.2 Å². The lowest BCUT2D eigenvalue weighted by atomic mass is 10.0. The largest absolute Gasteiger partial charge is 0.443 e. The molecule has 0 aliphatic carbocycles. The first kappa shape index (κ1) is 17.7. The standard InChI is InChI=1S/C19H25N3O2S/c1-13(17-20-9-11-25-17)21-15-8-7-14-6-5-10-22(16(14)12-15)18(23)24-19(2,3)4/h7-9,11-13,21H,5-6,10H2,1-4H3. The second kappa shape index (κ2) is 7.04. The van der Waals surface area contributed by atoms with Crippen molar-refractivity contribution in [1.82, 2.24) is 4.98 Å². The monoisotopic (exact) mass is 359 g/mol. The van der Waals surface area contributed by atoms with E-state index in [0.717, 1.165) is 29.2 Å². The first-order valence-electron chi connectivity index (χ1n) is 8.63. The number of thiazole rings is 1. The molecule has 1 amide bonds. The van der Waals surface area contributed by atoms with Crippen molar-refractivity contribution >= 4 is 28.8 Å². The van der Waals surface area contributed by atoms with Crippen LogP contribution in [0.15, 0.2) is 29.8 Å². The molecule has 0 saturated heterocycles. The Morgan fingerprint density at radius 2 is 2.20 bits per heavy atom. The zero-order valence-electron chi connectivity index (χ0n) is 15.2. The van der Waals surface area contributed by atoms with Gasteiger partial charge in [0.05, 0.1) is 11.7 Å². The first-order chi connectivity index (χ1) is 11.8. The van der Waals surface area contributed by atoms with Crippen LogP contribution in [-0.4, -0.2) is 23.2 Å². The number of fused-ring (bicyclic) bond motifs is 1. The summed E-state index contributed by atoms with van der Waals surface area (Å²) in [4.78, 5) is 18.7. The predicted molar refractivity (Wildman–Crippen MR) is 102 cm³/mol. The number of rotatable bonds is 3. The maximum atomic E-state index is 12.6. The molecule has 0 bridgehead atoms. The van der Waals surface area contributed by atoms with Crippen LogP contribution in [-0.2, 0) is 11.2 Å². The molecule has 6 heteroatoms. The highest BCUT2D eigenvalue weighted by Gasteiger charge is 2.27. The van der Waals surface area contributed by atoms with Gasteiger partial charge in [0.1, 0.15) is 10.6 Å². The zero-order valence-corrected chi connectivity index (χ0v) is 16.0. The quantitative estimate of drug-likeness (QED) is 0.837. The van der Waals surface area contributed by atoms with E-state index in [1.807, 2.05) is 38.4 Å².